The van der Waals surface area contributed by atoms with Gasteiger partial charge < -0.3 is 4.57 Å². The number of hydrogen-bond acceptors (Lipinski definition) is 1. The summed E-state index contributed by atoms with van der Waals surface area (Å²) in [5.74, 6) is 0.672. The Labute approximate surface area is 102 Å². The molecule has 1 aromatic heterocycles. The summed E-state index contributed by atoms with van der Waals surface area (Å²) in [6, 6.07) is 5.88. The van der Waals surface area contributed by atoms with Gasteiger partial charge in [0.2, 0.25) is 0 Å². The first-order valence-corrected chi connectivity index (χ1v) is 6.25. The number of hydrogen-bond donors (Lipinski definition) is 0. The van der Waals surface area contributed by atoms with Crippen molar-refractivity contribution < 1.29 is 4.79 Å². The largest absolute Gasteiger partial charge is 0.346 e. The molecule has 0 amide bonds. The van der Waals surface area contributed by atoms with Gasteiger partial charge in [0.25, 0.3) is 0 Å². The minimum absolute atomic E-state index is 0.672. The van der Waals surface area contributed by atoms with Crippen LogP contribution in [0.15, 0.2) is 22.7 Å². The Kier molecular flexibility index (Phi) is 2.18. The van der Waals surface area contributed by atoms with Crippen molar-refractivity contribution in [2.24, 2.45) is 7.05 Å². The van der Waals surface area contributed by atoms with Crippen molar-refractivity contribution in [1.29, 1.82) is 0 Å². The van der Waals surface area contributed by atoms with E-state index in [9.17, 15) is 4.79 Å². The number of halogens is 1. The maximum Gasteiger partial charge on any atom is 0.150 e. The molecule has 0 aliphatic heterocycles. The van der Waals surface area contributed by atoms with Gasteiger partial charge in [0.1, 0.15) is 0 Å². The Bertz CT molecular complexity index is 581. The number of benzene rings is 1. The standard InChI is InChI=1S/C13H12BrNO/c1-15-10-4-2-3-9(7-16)11(10)12(14)13(15)8-5-6-8/h2-4,7-8H,5-6H2,1H3. The Morgan fingerprint density at radius 1 is 1.44 bits per heavy atom. The van der Waals surface area contributed by atoms with Gasteiger partial charge in [0.05, 0.1) is 0 Å². The Hall–Kier alpha value is -1.09. The van der Waals surface area contributed by atoms with E-state index < -0.39 is 0 Å². The first-order valence-electron chi connectivity index (χ1n) is 5.46. The lowest BCUT2D eigenvalue weighted by atomic mass is 10.1. The zero-order valence-corrected chi connectivity index (χ0v) is 10.6. The second kappa shape index (κ2) is 3.45. The second-order valence-corrected chi connectivity index (χ2v) is 5.18. The number of nitrogens with zero attached hydrogens (tertiary/aromatic N) is 1. The fraction of sp³-hybridized carbons (Fsp3) is 0.308. The van der Waals surface area contributed by atoms with Crippen LogP contribution in [0, 0.1) is 0 Å². The summed E-state index contributed by atoms with van der Waals surface area (Å²) >= 11 is 3.66. The summed E-state index contributed by atoms with van der Waals surface area (Å²) in [5.41, 5.74) is 3.24. The normalized spacial score (nSPS) is 15.6. The monoisotopic (exact) mass is 277 g/mol. The lowest BCUT2D eigenvalue weighted by molar-refractivity contribution is 0.112. The van der Waals surface area contributed by atoms with Crippen LogP contribution in [0.3, 0.4) is 0 Å². The van der Waals surface area contributed by atoms with Crippen molar-refractivity contribution in [3.05, 3.63) is 33.9 Å². The van der Waals surface area contributed by atoms with E-state index in [0.717, 1.165) is 27.2 Å². The zero-order chi connectivity index (χ0) is 11.3. The van der Waals surface area contributed by atoms with Gasteiger partial charge in [0.15, 0.2) is 6.29 Å². The molecule has 0 unspecified atom stereocenters. The molecule has 3 rings (SSSR count). The topological polar surface area (TPSA) is 22.0 Å². The molecular formula is C13H12BrNO. The molecule has 2 aromatic rings. The number of aryl methyl sites for hydroxylation is 1. The van der Waals surface area contributed by atoms with Gasteiger partial charge in [-0.1, -0.05) is 12.1 Å². The van der Waals surface area contributed by atoms with Crippen molar-refractivity contribution >= 4 is 33.1 Å². The fourth-order valence-corrected chi connectivity index (χ4v) is 3.41. The number of carbonyl (C=O) groups excluding carboxylic acids is 1. The molecule has 1 aromatic carbocycles. The summed E-state index contributed by atoms with van der Waals surface area (Å²) in [7, 11) is 2.08. The van der Waals surface area contributed by atoms with Gasteiger partial charge in [-0.05, 0) is 34.8 Å². The smallest absolute Gasteiger partial charge is 0.150 e. The van der Waals surface area contributed by atoms with Gasteiger partial charge in [-0.25, -0.2) is 0 Å². The summed E-state index contributed by atoms with van der Waals surface area (Å²) in [6.07, 6.45) is 3.46. The molecule has 1 aliphatic rings. The third-order valence-corrected chi connectivity index (χ3v) is 4.14. The highest BCUT2D eigenvalue weighted by Crippen LogP contribution is 2.46. The molecule has 0 bridgehead atoms. The molecule has 0 N–H and O–H groups in total. The van der Waals surface area contributed by atoms with Crippen molar-refractivity contribution in [2.75, 3.05) is 0 Å². The van der Waals surface area contributed by atoms with Gasteiger partial charge in [-0.15, -0.1) is 0 Å². The van der Waals surface area contributed by atoms with Crippen molar-refractivity contribution in [3.63, 3.8) is 0 Å². The number of fused-ring (bicyclic) bond motifs is 1. The predicted molar refractivity (Wildman–Crippen MR) is 68.0 cm³/mol. The summed E-state index contributed by atoms with van der Waals surface area (Å²) in [5, 5.41) is 1.06. The maximum absolute atomic E-state index is 11.0. The molecule has 2 nitrogen and oxygen atoms in total. The van der Waals surface area contributed by atoms with E-state index in [0.29, 0.717) is 5.92 Å². The molecule has 1 fully saturated rings. The van der Waals surface area contributed by atoms with E-state index in [2.05, 4.69) is 33.6 Å². The van der Waals surface area contributed by atoms with Crippen LogP contribution >= 0.6 is 15.9 Å². The molecule has 0 atom stereocenters. The van der Waals surface area contributed by atoms with Crippen molar-refractivity contribution in [2.45, 2.75) is 18.8 Å². The number of rotatable bonds is 2. The lowest BCUT2D eigenvalue weighted by Crippen LogP contribution is -1.93. The van der Waals surface area contributed by atoms with Crippen LogP contribution in [0.4, 0.5) is 0 Å². The van der Waals surface area contributed by atoms with Gasteiger partial charge in [-0.2, -0.15) is 0 Å². The lowest BCUT2D eigenvalue weighted by Gasteiger charge is -2.01. The van der Waals surface area contributed by atoms with E-state index in [1.54, 1.807) is 0 Å². The Morgan fingerprint density at radius 3 is 2.81 bits per heavy atom. The first-order chi connectivity index (χ1) is 7.74. The minimum atomic E-state index is 0.672. The van der Waals surface area contributed by atoms with Gasteiger partial charge >= 0.3 is 0 Å². The average Bonchev–Trinajstić information content (AvgIpc) is 3.08. The highest BCUT2D eigenvalue weighted by Gasteiger charge is 2.30. The predicted octanol–water partition coefficient (Wildman–Crippen LogP) is 3.63. The molecule has 82 valence electrons. The first kappa shape index (κ1) is 10.1. The molecule has 0 saturated heterocycles. The average molecular weight is 278 g/mol. The highest BCUT2D eigenvalue weighted by molar-refractivity contribution is 9.10. The van der Waals surface area contributed by atoms with Crippen LogP contribution in [0.2, 0.25) is 0 Å². The van der Waals surface area contributed by atoms with Crippen LogP contribution in [-0.4, -0.2) is 10.9 Å². The van der Waals surface area contributed by atoms with Crippen LogP contribution in [-0.2, 0) is 7.05 Å². The quantitative estimate of drug-likeness (QED) is 0.769. The maximum atomic E-state index is 11.0. The zero-order valence-electron chi connectivity index (χ0n) is 9.03. The van der Waals surface area contributed by atoms with E-state index in [4.69, 9.17) is 0 Å². The minimum Gasteiger partial charge on any atom is -0.346 e. The van der Waals surface area contributed by atoms with Crippen LogP contribution in [0.25, 0.3) is 10.9 Å². The summed E-state index contributed by atoms with van der Waals surface area (Å²) < 4.78 is 3.32. The Balaban J connectivity index is 2.42. The summed E-state index contributed by atoms with van der Waals surface area (Å²) in [6.45, 7) is 0. The van der Waals surface area contributed by atoms with E-state index in [1.165, 1.54) is 18.5 Å². The second-order valence-electron chi connectivity index (χ2n) is 4.39. The molecule has 3 heteroatoms. The van der Waals surface area contributed by atoms with Crippen molar-refractivity contribution in [1.82, 2.24) is 4.57 Å². The van der Waals surface area contributed by atoms with E-state index >= 15 is 0 Å². The summed E-state index contributed by atoms with van der Waals surface area (Å²) in [4.78, 5) is 11.0. The van der Waals surface area contributed by atoms with Crippen LogP contribution in [0.5, 0.6) is 0 Å². The fourth-order valence-electron chi connectivity index (χ4n) is 2.39. The molecule has 16 heavy (non-hydrogen) atoms. The molecule has 1 heterocycles. The van der Waals surface area contributed by atoms with E-state index in [1.807, 2.05) is 12.1 Å². The number of aldehydes is 1. The molecule has 0 spiro atoms. The Morgan fingerprint density at radius 2 is 2.19 bits per heavy atom. The molecule has 0 radical (unpaired) electrons. The van der Waals surface area contributed by atoms with Crippen molar-refractivity contribution in [3.8, 4) is 0 Å². The molecule has 1 saturated carbocycles. The van der Waals surface area contributed by atoms with Gasteiger partial charge in [0, 0.05) is 39.6 Å². The SMILES string of the molecule is Cn1c(C2CC2)c(Br)c2c(C=O)cccc21. The highest BCUT2D eigenvalue weighted by atomic mass is 79.9. The number of aromatic nitrogens is 1. The molecular weight excluding hydrogens is 266 g/mol. The number of carbonyl (C=O) groups is 1. The van der Waals surface area contributed by atoms with Crippen LogP contribution < -0.4 is 0 Å². The molecule has 1 aliphatic carbocycles. The third-order valence-electron chi connectivity index (χ3n) is 3.33. The third kappa shape index (κ3) is 1.27. The van der Waals surface area contributed by atoms with E-state index in [-0.39, 0.29) is 0 Å². The van der Waals surface area contributed by atoms with Crippen LogP contribution in [0.1, 0.15) is 34.8 Å². The van der Waals surface area contributed by atoms with Gasteiger partial charge in [-0.3, -0.25) is 4.79 Å².